The lowest BCUT2D eigenvalue weighted by Crippen LogP contribution is -2.53. The van der Waals surface area contributed by atoms with E-state index in [1.165, 1.54) is 4.90 Å². The summed E-state index contributed by atoms with van der Waals surface area (Å²) < 4.78 is 27.1. The molecule has 0 saturated heterocycles. The van der Waals surface area contributed by atoms with Gasteiger partial charge in [0.15, 0.2) is 0 Å². The molecule has 0 bridgehead atoms. The van der Waals surface area contributed by atoms with Gasteiger partial charge in [-0.2, -0.15) is 0 Å². The van der Waals surface area contributed by atoms with Gasteiger partial charge in [-0.3, -0.25) is 13.9 Å². The summed E-state index contributed by atoms with van der Waals surface area (Å²) in [6.07, 6.45) is 2.23. The number of carbonyl (C=O) groups excluding carboxylic acids is 2. The van der Waals surface area contributed by atoms with Gasteiger partial charge in [-0.15, -0.1) is 0 Å². The van der Waals surface area contributed by atoms with Crippen molar-refractivity contribution in [3.63, 3.8) is 0 Å². The van der Waals surface area contributed by atoms with Crippen LogP contribution in [0.3, 0.4) is 0 Å². The first kappa shape index (κ1) is 27.9. The fourth-order valence-corrected chi connectivity index (χ4v) is 4.70. The van der Waals surface area contributed by atoms with E-state index < -0.39 is 28.5 Å². The Labute approximate surface area is 211 Å². The molecule has 0 aliphatic carbocycles. The van der Waals surface area contributed by atoms with E-state index in [0.717, 1.165) is 32.6 Å². The molecule has 2 rings (SSSR count). The number of anilines is 1. The van der Waals surface area contributed by atoms with Gasteiger partial charge >= 0.3 is 0 Å². The predicted octanol–water partition coefficient (Wildman–Crippen LogP) is 4.25. The van der Waals surface area contributed by atoms with E-state index in [1.807, 2.05) is 52.0 Å². The third-order valence-electron chi connectivity index (χ3n) is 5.62. The minimum absolute atomic E-state index is 0.0345. The van der Waals surface area contributed by atoms with Crippen molar-refractivity contribution in [1.82, 2.24) is 10.2 Å². The first-order valence-electron chi connectivity index (χ1n) is 11.3. The second kappa shape index (κ2) is 12.4. The Kier molecular flexibility index (Phi) is 10.1. The lowest BCUT2D eigenvalue weighted by Gasteiger charge is -2.33. The molecule has 0 heterocycles. The average Bonchev–Trinajstić information content (AvgIpc) is 2.77. The van der Waals surface area contributed by atoms with E-state index in [4.69, 9.17) is 0 Å². The molecule has 2 amide bonds. The molecular weight excluding hydrogens is 518 g/mol. The monoisotopic (exact) mass is 551 g/mol. The fraction of sp³-hybridized carbons (Fsp3) is 0.440. The number of hydrogen-bond donors (Lipinski definition) is 1. The van der Waals surface area contributed by atoms with Gasteiger partial charge in [-0.25, -0.2) is 8.42 Å². The number of benzene rings is 2. The van der Waals surface area contributed by atoms with Crippen molar-refractivity contribution in [3.05, 3.63) is 64.1 Å². The highest BCUT2D eigenvalue weighted by atomic mass is 79.9. The van der Waals surface area contributed by atoms with E-state index in [9.17, 15) is 18.0 Å². The Morgan fingerprint density at radius 3 is 2.24 bits per heavy atom. The van der Waals surface area contributed by atoms with Crippen LogP contribution in [0, 0.1) is 6.92 Å². The number of nitrogens with zero attached hydrogens (tertiary/aromatic N) is 2. The maximum Gasteiger partial charge on any atom is 0.244 e. The molecule has 0 spiro atoms. The SMILES string of the molecule is CC[C@@H](C)NC(=O)[C@@H](CC)N(Cc1cccc(C)c1)C(=O)CN(c1ccc(Br)cc1)S(C)(=O)=O. The van der Waals surface area contributed by atoms with Crippen molar-refractivity contribution in [1.29, 1.82) is 0 Å². The van der Waals surface area contributed by atoms with Crippen LogP contribution in [0.25, 0.3) is 0 Å². The predicted molar refractivity (Wildman–Crippen MR) is 140 cm³/mol. The zero-order valence-electron chi connectivity index (χ0n) is 20.4. The number of aryl methyl sites for hydroxylation is 1. The van der Waals surface area contributed by atoms with E-state index >= 15 is 0 Å². The highest BCUT2D eigenvalue weighted by Crippen LogP contribution is 2.22. The number of halogens is 1. The van der Waals surface area contributed by atoms with Crippen LogP contribution in [0.15, 0.2) is 53.0 Å². The Balaban J connectivity index is 2.43. The molecule has 186 valence electrons. The molecule has 0 fully saturated rings. The number of nitrogens with one attached hydrogen (secondary N) is 1. The van der Waals surface area contributed by atoms with E-state index in [2.05, 4.69) is 21.2 Å². The topological polar surface area (TPSA) is 86.8 Å². The van der Waals surface area contributed by atoms with Crippen LogP contribution in [-0.4, -0.2) is 50.0 Å². The van der Waals surface area contributed by atoms with Gasteiger partial charge in [0.05, 0.1) is 11.9 Å². The molecule has 7 nitrogen and oxygen atoms in total. The van der Waals surface area contributed by atoms with Crippen LogP contribution >= 0.6 is 15.9 Å². The van der Waals surface area contributed by atoms with E-state index in [1.54, 1.807) is 24.3 Å². The number of amides is 2. The van der Waals surface area contributed by atoms with E-state index in [0.29, 0.717) is 12.1 Å². The highest BCUT2D eigenvalue weighted by molar-refractivity contribution is 9.10. The van der Waals surface area contributed by atoms with Gasteiger partial charge in [0.2, 0.25) is 21.8 Å². The third kappa shape index (κ3) is 7.84. The maximum atomic E-state index is 13.6. The van der Waals surface area contributed by atoms with Crippen molar-refractivity contribution < 1.29 is 18.0 Å². The molecule has 0 aromatic heterocycles. The molecule has 0 aliphatic heterocycles. The van der Waals surface area contributed by atoms with Crippen LogP contribution < -0.4 is 9.62 Å². The summed E-state index contributed by atoms with van der Waals surface area (Å²) in [7, 11) is -3.74. The summed E-state index contributed by atoms with van der Waals surface area (Å²) in [5.41, 5.74) is 2.29. The molecule has 34 heavy (non-hydrogen) atoms. The van der Waals surface area contributed by atoms with Crippen molar-refractivity contribution >= 4 is 43.5 Å². The Hall–Kier alpha value is -2.39. The van der Waals surface area contributed by atoms with Gasteiger partial charge in [0, 0.05) is 17.1 Å². The Bertz CT molecular complexity index is 1090. The summed E-state index contributed by atoms with van der Waals surface area (Å²) in [5, 5.41) is 2.96. The summed E-state index contributed by atoms with van der Waals surface area (Å²) in [6, 6.07) is 13.7. The lowest BCUT2D eigenvalue weighted by atomic mass is 10.1. The van der Waals surface area contributed by atoms with Crippen molar-refractivity contribution in [2.24, 2.45) is 0 Å². The molecule has 2 aromatic carbocycles. The smallest absolute Gasteiger partial charge is 0.244 e. The van der Waals surface area contributed by atoms with Crippen molar-refractivity contribution in [2.75, 3.05) is 17.1 Å². The van der Waals surface area contributed by atoms with E-state index in [-0.39, 0.29) is 18.5 Å². The molecule has 0 unspecified atom stereocenters. The summed E-state index contributed by atoms with van der Waals surface area (Å²) in [4.78, 5) is 28.2. The van der Waals surface area contributed by atoms with Gasteiger partial charge in [-0.05, 0) is 56.5 Å². The first-order valence-corrected chi connectivity index (χ1v) is 14.0. The van der Waals surface area contributed by atoms with Gasteiger partial charge in [-0.1, -0.05) is 59.6 Å². The number of sulfonamides is 1. The largest absolute Gasteiger partial charge is 0.352 e. The van der Waals surface area contributed by atoms with Crippen LogP contribution in [-0.2, 0) is 26.2 Å². The summed E-state index contributed by atoms with van der Waals surface area (Å²) in [5.74, 6) is -0.687. The summed E-state index contributed by atoms with van der Waals surface area (Å²) in [6.45, 7) is 7.49. The van der Waals surface area contributed by atoms with Crippen molar-refractivity contribution in [3.8, 4) is 0 Å². The molecule has 2 atom stereocenters. The molecule has 2 aromatic rings. The second-order valence-electron chi connectivity index (χ2n) is 8.50. The van der Waals surface area contributed by atoms with Crippen LogP contribution in [0.4, 0.5) is 5.69 Å². The molecule has 0 radical (unpaired) electrons. The molecule has 0 aliphatic rings. The third-order valence-corrected chi connectivity index (χ3v) is 7.29. The standard InChI is InChI=1S/C25H34BrN3O4S/c1-6-19(4)27-25(31)23(7-2)28(16-20-10-8-9-18(3)15-20)24(30)17-29(34(5,32)33)22-13-11-21(26)12-14-22/h8-15,19,23H,6-7,16-17H2,1-5H3,(H,27,31)/t19-,23-/m1/s1. The van der Waals surface area contributed by atoms with Gasteiger partial charge in [0.1, 0.15) is 12.6 Å². The molecule has 1 N–H and O–H groups in total. The Morgan fingerprint density at radius 1 is 1.06 bits per heavy atom. The first-order chi connectivity index (χ1) is 16.0. The van der Waals surface area contributed by atoms with Gasteiger partial charge < -0.3 is 10.2 Å². The van der Waals surface area contributed by atoms with Crippen LogP contribution in [0.2, 0.25) is 0 Å². The highest BCUT2D eigenvalue weighted by Gasteiger charge is 2.32. The van der Waals surface area contributed by atoms with Crippen LogP contribution in [0.1, 0.15) is 44.7 Å². The Morgan fingerprint density at radius 2 is 1.71 bits per heavy atom. The normalized spacial score (nSPS) is 13.1. The van der Waals surface area contributed by atoms with Gasteiger partial charge in [0.25, 0.3) is 0 Å². The number of hydrogen-bond acceptors (Lipinski definition) is 4. The van der Waals surface area contributed by atoms with Crippen LogP contribution in [0.5, 0.6) is 0 Å². The number of rotatable bonds is 11. The molecule has 9 heteroatoms. The average molecular weight is 553 g/mol. The minimum atomic E-state index is -3.74. The maximum absolute atomic E-state index is 13.6. The molecular formula is C25H34BrN3O4S. The zero-order valence-corrected chi connectivity index (χ0v) is 22.8. The quantitative estimate of drug-likeness (QED) is 0.452. The fourth-order valence-electron chi connectivity index (χ4n) is 3.59. The summed E-state index contributed by atoms with van der Waals surface area (Å²) >= 11 is 3.34. The second-order valence-corrected chi connectivity index (χ2v) is 11.3. The number of carbonyl (C=O) groups is 2. The van der Waals surface area contributed by atoms with Crippen molar-refractivity contribution in [2.45, 2.75) is 59.2 Å². The lowest BCUT2D eigenvalue weighted by molar-refractivity contribution is -0.140. The zero-order chi connectivity index (χ0) is 25.5. The minimum Gasteiger partial charge on any atom is -0.352 e. The molecule has 0 saturated carbocycles.